The van der Waals surface area contributed by atoms with Crippen molar-refractivity contribution in [3.63, 3.8) is 0 Å². The lowest BCUT2D eigenvalue weighted by Crippen LogP contribution is -2.44. The second kappa shape index (κ2) is 6.27. The molecule has 0 aliphatic heterocycles. The summed E-state index contributed by atoms with van der Waals surface area (Å²) in [5, 5.41) is 13.2. The smallest absolute Gasteiger partial charge is 0.251 e. The quantitative estimate of drug-likeness (QED) is 0.888. The third-order valence-electron chi connectivity index (χ3n) is 4.04. The zero-order valence-electron chi connectivity index (χ0n) is 12.2. The lowest BCUT2D eigenvalue weighted by molar-refractivity contribution is 0.00525. The molecule has 1 aliphatic rings. The highest BCUT2D eigenvalue weighted by molar-refractivity contribution is 5.95. The van der Waals surface area contributed by atoms with Gasteiger partial charge in [0.15, 0.2) is 0 Å². The van der Waals surface area contributed by atoms with Crippen molar-refractivity contribution in [2.24, 2.45) is 0 Å². The minimum absolute atomic E-state index is 0.135. The van der Waals surface area contributed by atoms with Crippen LogP contribution in [0.4, 0.5) is 0 Å². The molecule has 1 aromatic carbocycles. The number of hydrogen-bond donors (Lipinski definition) is 2. The molecule has 110 valence electrons. The first-order chi connectivity index (χ1) is 9.54. The molecule has 1 aliphatic carbocycles. The van der Waals surface area contributed by atoms with E-state index in [1.165, 1.54) is 6.42 Å². The molecular formula is C16H23NO3. The van der Waals surface area contributed by atoms with E-state index in [9.17, 15) is 9.90 Å². The number of hydrogen-bond acceptors (Lipinski definition) is 3. The molecule has 1 fully saturated rings. The first-order valence-electron chi connectivity index (χ1n) is 7.19. The molecule has 2 rings (SSSR count). The molecule has 0 heterocycles. The maximum Gasteiger partial charge on any atom is 0.251 e. The van der Waals surface area contributed by atoms with Gasteiger partial charge in [0.25, 0.3) is 5.91 Å². The lowest BCUT2D eigenvalue weighted by atomic mass is 9.85. The third-order valence-corrected chi connectivity index (χ3v) is 4.04. The van der Waals surface area contributed by atoms with Crippen LogP contribution in [0.15, 0.2) is 18.2 Å². The predicted octanol–water partition coefficient (Wildman–Crippen LogP) is 2.43. The van der Waals surface area contributed by atoms with Gasteiger partial charge in [0, 0.05) is 12.1 Å². The van der Waals surface area contributed by atoms with Crippen molar-refractivity contribution in [2.75, 3.05) is 13.7 Å². The molecule has 0 spiro atoms. The summed E-state index contributed by atoms with van der Waals surface area (Å²) in [6.45, 7) is 2.21. The fraction of sp³-hybridized carbons (Fsp3) is 0.562. The van der Waals surface area contributed by atoms with Gasteiger partial charge in [0.1, 0.15) is 5.75 Å². The van der Waals surface area contributed by atoms with Gasteiger partial charge in [0.2, 0.25) is 0 Å². The number of carbonyl (C=O) groups is 1. The Kier molecular flexibility index (Phi) is 4.65. The van der Waals surface area contributed by atoms with Crippen molar-refractivity contribution in [3.8, 4) is 5.75 Å². The van der Waals surface area contributed by atoms with Crippen molar-refractivity contribution in [3.05, 3.63) is 29.3 Å². The van der Waals surface area contributed by atoms with Gasteiger partial charge in [-0.25, -0.2) is 0 Å². The molecule has 1 saturated carbocycles. The van der Waals surface area contributed by atoms with Crippen LogP contribution in [0.5, 0.6) is 5.75 Å². The van der Waals surface area contributed by atoms with Crippen LogP contribution in [0.2, 0.25) is 0 Å². The Morgan fingerprint density at radius 2 is 2.05 bits per heavy atom. The fourth-order valence-electron chi connectivity index (χ4n) is 2.74. The standard InChI is InChI=1S/C16H23NO3/c1-12-10-13(20-2)6-7-14(12)15(18)17-11-16(19)8-4-3-5-9-16/h6-7,10,19H,3-5,8-9,11H2,1-2H3,(H,17,18). The van der Waals surface area contributed by atoms with Gasteiger partial charge in [-0.3, -0.25) is 4.79 Å². The van der Waals surface area contributed by atoms with Crippen LogP contribution in [0, 0.1) is 6.92 Å². The molecule has 4 heteroatoms. The van der Waals surface area contributed by atoms with Gasteiger partial charge in [-0.1, -0.05) is 19.3 Å². The number of nitrogens with one attached hydrogen (secondary N) is 1. The number of benzene rings is 1. The summed E-state index contributed by atoms with van der Waals surface area (Å²) in [6.07, 6.45) is 4.79. The average molecular weight is 277 g/mol. The van der Waals surface area contributed by atoms with E-state index in [1.54, 1.807) is 19.2 Å². The molecular weight excluding hydrogens is 254 g/mol. The number of aryl methyl sites for hydroxylation is 1. The van der Waals surface area contributed by atoms with Gasteiger partial charge in [0.05, 0.1) is 12.7 Å². The highest BCUT2D eigenvalue weighted by Gasteiger charge is 2.29. The van der Waals surface area contributed by atoms with Crippen molar-refractivity contribution < 1.29 is 14.6 Å². The molecule has 0 atom stereocenters. The molecule has 1 aromatic rings. The zero-order valence-corrected chi connectivity index (χ0v) is 12.2. The highest BCUT2D eigenvalue weighted by Crippen LogP contribution is 2.27. The second-order valence-electron chi connectivity index (χ2n) is 5.65. The van der Waals surface area contributed by atoms with Crippen LogP contribution in [-0.2, 0) is 0 Å². The van der Waals surface area contributed by atoms with E-state index in [0.29, 0.717) is 12.1 Å². The van der Waals surface area contributed by atoms with E-state index in [0.717, 1.165) is 37.0 Å². The number of carbonyl (C=O) groups excluding carboxylic acids is 1. The van der Waals surface area contributed by atoms with E-state index in [1.807, 2.05) is 13.0 Å². The Labute approximate surface area is 120 Å². The maximum absolute atomic E-state index is 12.2. The Bertz CT molecular complexity index is 479. The number of methoxy groups -OCH3 is 1. The van der Waals surface area contributed by atoms with E-state index in [-0.39, 0.29) is 5.91 Å². The summed E-state index contributed by atoms with van der Waals surface area (Å²) in [4.78, 5) is 12.2. The van der Waals surface area contributed by atoms with Crippen LogP contribution in [0.25, 0.3) is 0 Å². The largest absolute Gasteiger partial charge is 0.497 e. The van der Waals surface area contributed by atoms with E-state index in [2.05, 4.69) is 5.32 Å². The summed E-state index contributed by atoms with van der Waals surface area (Å²) in [6, 6.07) is 5.37. The van der Waals surface area contributed by atoms with Gasteiger partial charge < -0.3 is 15.2 Å². The highest BCUT2D eigenvalue weighted by atomic mass is 16.5. The predicted molar refractivity (Wildman–Crippen MR) is 78.1 cm³/mol. The van der Waals surface area contributed by atoms with Crippen LogP contribution in [-0.4, -0.2) is 30.3 Å². The van der Waals surface area contributed by atoms with Crippen molar-refractivity contribution in [2.45, 2.75) is 44.6 Å². The fourth-order valence-corrected chi connectivity index (χ4v) is 2.74. The topological polar surface area (TPSA) is 58.6 Å². The summed E-state index contributed by atoms with van der Waals surface area (Å²) in [5.74, 6) is 0.606. The van der Waals surface area contributed by atoms with Gasteiger partial charge in [-0.15, -0.1) is 0 Å². The van der Waals surface area contributed by atoms with Crippen molar-refractivity contribution >= 4 is 5.91 Å². The second-order valence-corrected chi connectivity index (χ2v) is 5.65. The molecule has 0 radical (unpaired) electrons. The molecule has 1 amide bonds. The van der Waals surface area contributed by atoms with E-state index < -0.39 is 5.60 Å². The van der Waals surface area contributed by atoms with Crippen LogP contribution in [0.3, 0.4) is 0 Å². The molecule has 0 aromatic heterocycles. The number of amides is 1. The molecule has 0 bridgehead atoms. The van der Waals surface area contributed by atoms with Crippen LogP contribution < -0.4 is 10.1 Å². The SMILES string of the molecule is COc1ccc(C(=O)NCC2(O)CCCCC2)c(C)c1. The maximum atomic E-state index is 12.2. The summed E-state index contributed by atoms with van der Waals surface area (Å²) >= 11 is 0. The minimum Gasteiger partial charge on any atom is -0.497 e. The number of ether oxygens (including phenoxy) is 1. The Morgan fingerprint density at radius 3 is 2.65 bits per heavy atom. The van der Waals surface area contributed by atoms with Crippen LogP contribution in [0.1, 0.15) is 48.0 Å². The molecule has 20 heavy (non-hydrogen) atoms. The summed E-state index contributed by atoms with van der Waals surface area (Å²) in [5.41, 5.74) is 0.775. The lowest BCUT2D eigenvalue weighted by Gasteiger charge is -2.32. The monoisotopic (exact) mass is 277 g/mol. The summed E-state index contributed by atoms with van der Waals surface area (Å²) in [7, 11) is 1.60. The first kappa shape index (κ1) is 14.9. The minimum atomic E-state index is -0.728. The number of rotatable bonds is 4. The molecule has 0 saturated heterocycles. The average Bonchev–Trinajstić information content (AvgIpc) is 2.45. The van der Waals surface area contributed by atoms with Crippen LogP contribution >= 0.6 is 0 Å². The van der Waals surface area contributed by atoms with Gasteiger partial charge in [-0.05, 0) is 43.5 Å². The van der Waals surface area contributed by atoms with E-state index >= 15 is 0 Å². The summed E-state index contributed by atoms with van der Waals surface area (Å²) < 4.78 is 5.13. The van der Waals surface area contributed by atoms with E-state index in [4.69, 9.17) is 4.74 Å². The van der Waals surface area contributed by atoms with Crippen molar-refractivity contribution in [1.29, 1.82) is 0 Å². The third kappa shape index (κ3) is 3.51. The Morgan fingerprint density at radius 1 is 1.35 bits per heavy atom. The molecule has 4 nitrogen and oxygen atoms in total. The molecule has 2 N–H and O–H groups in total. The Hall–Kier alpha value is -1.55. The van der Waals surface area contributed by atoms with Gasteiger partial charge in [-0.2, -0.15) is 0 Å². The Balaban J connectivity index is 1.98. The number of aliphatic hydroxyl groups is 1. The normalized spacial score (nSPS) is 17.6. The molecule has 0 unspecified atom stereocenters. The van der Waals surface area contributed by atoms with Crippen molar-refractivity contribution in [1.82, 2.24) is 5.32 Å². The van der Waals surface area contributed by atoms with Gasteiger partial charge >= 0.3 is 0 Å². The zero-order chi connectivity index (χ0) is 14.6. The first-order valence-corrected chi connectivity index (χ1v) is 7.19.